The van der Waals surface area contributed by atoms with Gasteiger partial charge in [-0.1, -0.05) is 74.3 Å². The molecule has 0 fully saturated rings. The summed E-state index contributed by atoms with van der Waals surface area (Å²) >= 11 is 6.44. The molecule has 10 heteroatoms. The van der Waals surface area contributed by atoms with Crippen LogP contribution in [0.4, 0.5) is 5.69 Å². The zero-order chi connectivity index (χ0) is 29.1. The average Bonchev–Trinajstić information content (AvgIpc) is 2.96. The van der Waals surface area contributed by atoms with Crippen molar-refractivity contribution in [3.05, 3.63) is 89.4 Å². The minimum atomic E-state index is -4.18. The Morgan fingerprint density at radius 3 is 2.33 bits per heavy atom. The molecule has 40 heavy (non-hydrogen) atoms. The number of unbranched alkanes of at least 4 members (excludes halogenated alkanes) is 1. The van der Waals surface area contributed by atoms with Crippen molar-refractivity contribution in [1.82, 2.24) is 10.2 Å². The number of nitrogens with zero attached hydrogens (tertiary/aromatic N) is 2. The Bertz CT molecular complexity index is 1380. The van der Waals surface area contributed by atoms with Gasteiger partial charge < -0.3 is 15.0 Å². The standard InChI is InChI=1S/C30H36ClN3O5S/c1-4-6-19-32-30(36)27(5-2)33(21-23-13-12-14-24(20-23)39-3)29(35)22-34(28-18-11-10-17-26(28)31)40(37,38)25-15-8-7-9-16-25/h7-18,20,27H,4-6,19,21-22H2,1-3H3,(H,32,36). The quantitative estimate of drug-likeness (QED) is 0.260. The van der Waals surface area contributed by atoms with Gasteiger partial charge in [-0.3, -0.25) is 13.9 Å². The van der Waals surface area contributed by atoms with Crippen LogP contribution < -0.4 is 14.4 Å². The van der Waals surface area contributed by atoms with Crippen LogP contribution in [0, 0.1) is 0 Å². The van der Waals surface area contributed by atoms with E-state index in [0.29, 0.717) is 18.7 Å². The lowest BCUT2D eigenvalue weighted by Crippen LogP contribution is -2.52. The van der Waals surface area contributed by atoms with E-state index in [1.165, 1.54) is 17.0 Å². The minimum Gasteiger partial charge on any atom is -0.497 e. The van der Waals surface area contributed by atoms with E-state index in [2.05, 4.69) is 5.32 Å². The molecule has 1 N–H and O–H groups in total. The van der Waals surface area contributed by atoms with Crippen molar-refractivity contribution in [2.75, 3.05) is 24.5 Å². The highest BCUT2D eigenvalue weighted by molar-refractivity contribution is 7.92. The normalized spacial score (nSPS) is 11.9. The highest BCUT2D eigenvalue weighted by Gasteiger charge is 2.34. The van der Waals surface area contributed by atoms with E-state index in [-0.39, 0.29) is 28.1 Å². The van der Waals surface area contributed by atoms with Crippen molar-refractivity contribution in [2.24, 2.45) is 0 Å². The fraction of sp³-hybridized carbons (Fsp3) is 0.333. The van der Waals surface area contributed by atoms with Crippen molar-refractivity contribution >= 4 is 39.1 Å². The summed E-state index contributed by atoms with van der Waals surface area (Å²) in [4.78, 5) is 28.8. The van der Waals surface area contributed by atoms with Gasteiger partial charge in [0.15, 0.2) is 0 Å². The molecule has 8 nitrogen and oxygen atoms in total. The second kappa shape index (κ2) is 14.7. The van der Waals surface area contributed by atoms with E-state index < -0.39 is 28.5 Å². The number of hydrogen-bond donors (Lipinski definition) is 1. The van der Waals surface area contributed by atoms with Crippen LogP contribution >= 0.6 is 11.6 Å². The Morgan fingerprint density at radius 2 is 1.68 bits per heavy atom. The first kappa shape index (κ1) is 31.0. The highest BCUT2D eigenvalue weighted by atomic mass is 35.5. The summed E-state index contributed by atoms with van der Waals surface area (Å²) in [5, 5.41) is 3.10. The monoisotopic (exact) mass is 585 g/mol. The van der Waals surface area contributed by atoms with Gasteiger partial charge in [0.05, 0.1) is 22.7 Å². The van der Waals surface area contributed by atoms with Crippen molar-refractivity contribution < 1.29 is 22.7 Å². The van der Waals surface area contributed by atoms with Gasteiger partial charge in [0.1, 0.15) is 18.3 Å². The minimum absolute atomic E-state index is 0.0198. The SMILES string of the molecule is CCCCNC(=O)C(CC)N(Cc1cccc(OC)c1)C(=O)CN(c1ccccc1Cl)S(=O)(=O)c1ccccc1. The third-order valence-corrected chi connectivity index (χ3v) is 8.53. The van der Waals surface area contributed by atoms with E-state index in [0.717, 1.165) is 22.7 Å². The van der Waals surface area contributed by atoms with Crippen LogP contribution in [-0.4, -0.2) is 51.4 Å². The molecule has 1 unspecified atom stereocenters. The topological polar surface area (TPSA) is 96.0 Å². The number of methoxy groups -OCH3 is 1. The van der Waals surface area contributed by atoms with Gasteiger partial charge in [-0.2, -0.15) is 0 Å². The molecule has 0 saturated heterocycles. The molecule has 0 saturated carbocycles. The second-order valence-corrected chi connectivity index (χ2v) is 11.5. The molecule has 214 valence electrons. The number of amides is 2. The number of hydrogen-bond acceptors (Lipinski definition) is 5. The summed E-state index contributed by atoms with van der Waals surface area (Å²) < 4.78 is 34.0. The first-order valence-corrected chi connectivity index (χ1v) is 15.1. The molecule has 3 rings (SSSR count). The summed E-state index contributed by atoms with van der Waals surface area (Å²) in [6, 6.07) is 20.7. The molecule has 0 aliphatic rings. The summed E-state index contributed by atoms with van der Waals surface area (Å²) in [7, 11) is -2.63. The molecule has 0 aliphatic carbocycles. The highest BCUT2D eigenvalue weighted by Crippen LogP contribution is 2.31. The number of sulfonamides is 1. The third-order valence-electron chi connectivity index (χ3n) is 6.43. The molecule has 0 spiro atoms. The fourth-order valence-electron chi connectivity index (χ4n) is 4.28. The van der Waals surface area contributed by atoms with Crippen molar-refractivity contribution in [3.63, 3.8) is 0 Å². The Hall–Kier alpha value is -3.56. The van der Waals surface area contributed by atoms with Crippen LogP contribution in [-0.2, 0) is 26.2 Å². The van der Waals surface area contributed by atoms with Crippen LogP contribution in [0.1, 0.15) is 38.7 Å². The number of nitrogens with one attached hydrogen (secondary N) is 1. The lowest BCUT2D eigenvalue weighted by molar-refractivity contribution is -0.140. The number of rotatable bonds is 14. The average molecular weight is 586 g/mol. The predicted octanol–water partition coefficient (Wildman–Crippen LogP) is 5.27. The fourth-order valence-corrected chi connectivity index (χ4v) is 6.02. The predicted molar refractivity (Wildman–Crippen MR) is 158 cm³/mol. The maximum absolute atomic E-state index is 14.1. The summed E-state index contributed by atoms with van der Waals surface area (Å²) in [5.74, 6) is -0.225. The van der Waals surface area contributed by atoms with Gasteiger partial charge in [-0.05, 0) is 54.8 Å². The van der Waals surface area contributed by atoms with Crippen molar-refractivity contribution in [1.29, 1.82) is 0 Å². The van der Waals surface area contributed by atoms with Gasteiger partial charge in [0.25, 0.3) is 10.0 Å². The first-order valence-electron chi connectivity index (χ1n) is 13.2. The smallest absolute Gasteiger partial charge is 0.264 e. The number of ether oxygens (including phenoxy) is 1. The number of halogens is 1. The molecule has 0 aromatic heterocycles. The summed E-state index contributed by atoms with van der Waals surface area (Å²) in [5.41, 5.74) is 0.908. The van der Waals surface area contributed by atoms with Gasteiger partial charge in [-0.25, -0.2) is 8.42 Å². The van der Waals surface area contributed by atoms with Crippen molar-refractivity contribution in [3.8, 4) is 5.75 Å². The number of carbonyl (C=O) groups is 2. The molecule has 0 heterocycles. The summed E-state index contributed by atoms with van der Waals surface area (Å²) in [6.45, 7) is 3.86. The van der Waals surface area contributed by atoms with Crippen molar-refractivity contribution in [2.45, 2.75) is 50.6 Å². The van der Waals surface area contributed by atoms with Crippen LogP contribution in [0.2, 0.25) is 5.02 Å². The van der Waals surface area contributed by atoms with Crippen LogP contribution in [0.5, 0.6) is 5.75 Å². The van der Waals surface area contributed by atoms with E-state index in [4.69, 9.17) is 16.3 Å². The molecular formula is C30H36ClN3O5S. The zero-order valence-electron chi connectivity index (χ0n) is 23.0. The van der Waals surface area contributed by atoms with E-state index in [9.17, 15) is 18.0 Å². The molecule has 3 aromatic rings. The molecule has 0 bridgehead atoms. The Balaban J connectivity index is 2.04. The zero-order valence-corrected chi connectivity index (χ0v) is 24.6. The van der Waals surface area contributed by atoms with Crippen LogP contribution in [0.15, 0.2) is 83.8 Å². The number of para-hydroxylation sites is 1. The third kappa shape index (κ3) is 7.76. The lowest BCUT2D eigenvalue weighted by atomic mass is 10.1. The molecule has 0 aliphatic heterocycles. The Labute approximate surface area is 241 Å². The van der Waals surface area contributed by atoms with E-state index in [1.807, 2.05) is 19.9 Å². The second-order valence-electron chi connectivity index (χ2n) is 9.22. The maximum Gasteiger partial charge on any atom is 0.264 e. The van der Waals surface area contributed by atoms with Crippen LogP contribution in [0.3, 0.4) is 0 Å². The van der Waals surface area contributed by atoms with Gasteiger partial charge >= 0.3 is 0 Å². The van der Waals surface area contributed by atoms with Gasteiger partial charge in [0, 0.05) is 13.1 Å². The van der Waals surface area contributed by atoms with E-state index >= 15 is 0 Å². The van der Waals surface area contributed by atoms with E-state index in [1.54, 1.807) is 67.8 Å². The molecule has 2 amide bonds. The van der Waals surface area contributed by atoms with Crippen LogP contribution in [0.25, 0.3) is 0 Å². The lowest BCUT2D eigenvalue weighted by Gasteiger charge is -2.33. The molecule has 0 radical (unpaired) electrons. The molecule has 1 atom stereocenters. The maximum atomic E-state index is 14.1. The van der Waals surface area contributed by atoms with Gasteiger partial charge in [0.2, 0.25) is 11.8 Å². The molecule has 3 aromatic carbocycles. The number of carbonyl (C=O) groups excluding carboxylic acids is 2. The first-order chi connectivity index (χ1) is 19.2. The number of benzene rings is 3. The Kier molecular flexibility index (Phi) is 11.4. The molecular weight excluding hydrogens is 550 g/mol. The summed E-state index contributed by atoms with van der Waals surface area (Å²) in [6.07, 6.45) is 2.06. The Morgan fingerprint density at radius 1 is 0.975 bits per heavy atom. The largest absolute Gasteiger partial charge is 0.497 e. The number of anilines is 1. The van der Waals surface area contributed by atoms with Gasteiger partial charge in [-0.15, -0.1) is 0 Å².